The van der Waals surface area contributed by atoms with Gasteiger partial charge in [0.1, 0.15) is 0 Å². The summed E-state index contributed by atoms with van der Waals surface area (Å²) < 4.78 is 0. The molecule has 0 aliphatic rings. The third kappa shape index (κ3) is 5.57. The van der Waals surface area contributed by atoms with Crippen molar-refractivity contribution in [2.24, 2.45) is 11.8 Å². The zero-order valence-electron chi connectivity index (χ0n) is 7.84. The second-order valence-electron chi connectivity index (χ2n) is 3.17. The quantitative estimate of drug-likeness (QED) is 0.627. The summed E-state index contributed by atoms with van der Waals surface area (Å²) in [5.74, 6) is 3.52. The summed E-state index contributed by atoms with van der Waals surface area (Å²) in [6.45, 7) is 6.88. The smallest absolute Gasteiger partial charge is 0.0462 e. The molecule has 0 aromatic carbocycles. The van der Waals surface area contributed by atoms with Gasteiger partial charge in [-0.1, -0.05) is 20.8 Å². The van der Waals surface area contributed by atoms with Crippen LogP contribution in [0.15, 0.2) is 0 Å². The third-order valence-corrected chi connectivity index (χ3v) is 2.95. The van der Waals surface area contributed by atoms with Crippen molar-refractivity contribution in [3.8, 4) is 0 Å². The van der Waals surface area contributed by atoms with Gasteiger partial charge in [-0.2, -0.15) is 11.8 Å². The van der Waals surface area contributed by atoms with Crippen LogP contribution in [-0.4, -0.2) is 23.2 Å². The van der Waals surface area contributed by atoms with Gasteiger partial charge in [-0.05, 0) is 29.8 Å². The van der Waals surface area contributed by atoms with Crippen molar-refractivity contribution in [2.75, 3.05) is 18.1 Å². The second kappa shape index (κ2) is 6.99. The van der Waals surface area contributed by atoms with Gasteiger partial charge in [0, 0.05) is 6.61 Å². The molecule has 2 heteroatoms. The molecular weight excluding hydrogens is 156 g/mol. The van der Waals surface area contributed by atoms with Crippen LogP contribution in [0, 0.1) is 11.8 Å². The summed E-state index contributed by atoms with van der Waals surface area (Å²) in [7, 11) is 0. The van der Waals surface area contributed by atoms with E-state index in [1.807, 2.05) is 11.8 Å². The van der Waals surface area contributed by atoms with E-state index in [0.29, 0.717) is 18.4 Å². The maximum absolute atomic E-state index is 8.99. The van der Waals surface area contributed by atoms with Crippen molar-refractivity contribution in [3.05, 3.63) is 0 Å². The average Bonchev–Trinajstić information content (AvgIpc) is 1.97. The fraction of sp³-hybridized carbons (Fsp3) is 1.00. The number of hydrogen-bond acceptors (Lipinski definition) is 2. The van der Waals surface area contributed by atoms with Crippen molar-refractivity contribution in [2.45, 2.75) is 27.2 Å². The predicted molar refractivity (Wildman–Crippen MR) is 53.0 cm³/mol. The summed E-state index contributed by atoms with van der Waals surface area (Å²) in [6.07, 6.45) is 1.16. The number of thioether (sulfide) groups is 1. The minimum Gasteiger partial charge on any atom is -0.396 e. The van der Waals surface area contributed by atoms with Crippen LogP contribution >= 0.6 is 11.8 Å². The van der Waals surface area contributed by atoms with Crippen molar-refractivity contribution in [3.63, 3.8) is 0 Å². The first kappa shape index (κ1) is 11.3. The zero-order chi connectivity index (χ0) is 8.69. The normalized spacial score (nSPS) is 13.9. The van der Waals surface area contributed by atoms with Gasteiger partial charge in [0.15, 0.2) is 0 Å². The molecule has 0 amide bonds. The third-order valence-electron chi connectivity index (χ3n) is 2.01. The summed E-state index contributed by atoms with van der Waals surface area (Å²) in [5, 5.41) is 8.99. The van der Waals surface area contributed by atoms with Gasteiger partial charge in [0.05, 0.1) is 0 Å². The van der Waals surface area contributed by atoms with Gasteiger partial charge in [0.25, 0.3) is 0 Å². The highest BCUT2D eigenvalue weighted by Gasteiger charge is 2.10. The molecular formula is C9H20OS. The summed E-state index contributed by atoms with van der Waals surface area (Å²) in [6, 6.07) is 0. The van der Waals surface area contributed by atoms with Gasteiger partial charge >= 0.3 is 0 Å². The van der Waals surface area contributed by atoms with E-state index in [9.17, 15) is 0 Å². The van der Waals surface area contributed by atoms with Crippen molar-refractivity contribution in [1.29, 1.82) is 0 Å². The van der Waals surface area contributed by atoms with E-state index >= 15 is 0 Å². The molecule has 0 saturated heterocycles. The van der Waals surface area contributed by atoms with Gasteiger partial charge < -0.3 is 5.11 Å². The molecule has 0 radical (unpaired) electrons. The van der Waals surface area contributed by atoms with Gasteiger partial charge in [-0.15, -0.1) is 0 Å². The molecule has 0 rings (SSSR count). The Bertz CT molecular complexity index is 83.6. The van der Waals surface area contributed by atoms with Crippen LogP contribution in [0.1, 0.15) is 27.2 Å². The summed E-state index contributed by atoms with van der Waals surface area (Å²) in [4.78, 5) is 0. The Morgan fingerprint density at radius 1 is 1.36 bits per heavy atom. The first-order valence-corrected chi connectivity index (χ1v) is 5.56. The van der Waals surface area contributed by atoms with Crippen LogP contribution in [0.5, 0.6) is 0 Å². The van der Waals surface area contributed by atoms with Crippen LogP contribution in [-0.2, 0) is 0 Å². The molecule has 0 aromatic rings. The Morgan fingerprint density at radius 2 is 2.00 bits per heavy atom. The highest BCUT2D eigenvalue weighted by atomic mass is 32.2. The fourth-order valence-corrected chi connectivity index (χ4v) is 1.77. The van der Waals surface area contributed by atoms with Crippen LogP contribution in [0.2, 0.25) is 0 Å². The molecule has 11 heavy (non-hydrogen) atoms. The molecule has 1 nitrogen and oxygen atoms in total. The average molecular weight is 176 g/mol. The topological polar surface area (TPSA) is 20.2 Å². The van der Waals surface area contributed by atoms with E-state index in [4.69, 9.17) is 5.11 Å². The van der Waals surface area contributed by atoms with Crippen LogP contribution < -0.4 is 0 Å². The highest BCUT2D eigenvalue weighted by molar-refractivity contribution is 7.99. The second-order valence-corrected chi connectivity index (χ2v) is 4.57. The summed E-state index contributed by atoms with van der Waals surface area (Å²) >= 11 is 1.96. The number of rotatable bonds is 6. The lowest BCUT2D eigenvalue weighted by atomic mass is 9.94. The van der Waals surface area contributed by atoms with Gasteiger partial charge in [-0.3, -0.25) is 0 Å². The number of hydrogen-bond donors (Lipinski definition) is 1. The number of aliphatic hydroxyl groups excluding tert-OH is 1. The zero-order valence-corrected chi connectivity index (χ0v) is 8.66. The molecule has 0 saturated carbocycles. The minimum absolute atomic E-state index is 0.349. The molecule has 0 spiro atoms. The summed E-state index contributed by atoms with van der Waals surface area (Å²) in [5.41, 5.74) is 0. The van der Waals surface area contributed by atoms with Gasteiger partial charge in [-0.25, -0.2) is 0 Å². The largest absolute Gasteiger partial charge is 0.396 e. The molecule has 0 heterocycles. The molecule has 1 atom stereocenters. The van der Waals surface area contributed by atoms with E-state index in [2.05, 4.69) is 20.8 Å². The maximum atomic E-state index is 8.99. The van der Waals surface area contributed by atoms with Crippen LogP contribution in [0.25, 0.3) is 0 Å². The highest BCUT2D eigenvalue weighted by Crippen LogP contribution is 2.16. The van der Waals surface area contributed by atoms with E-state index in [1.165, 1.54) is 11.5 Å². The molecule has 0 fully saturated rings. The maximum Gasteiger partial charge on any atom is 0.0462 e. The fourth-order valence-electron chi connectivity index (χ4n) is 1.01. The van der Waals surface area contributed by atoms with Gasteiger partial charge in [0.2, 0.25) is 0 Å². The number of aliphatic hydroxyl groups is 1. The Balaban J connectivity index is 3.36. The lowest BCUT2D eigenvalue weighted by Gasteiger charge is -2.17. The van der Waals surface area contributed by atoms with Crippen molar-refractivity contribution >= 4 is 11.8 Å². The van der Waals surface area contributed by atoms with E-state index < -0.39 is 0 Å². The minimum atomic E-state index is 0.349. The Morgan fingerprint density at radius 3 is 2.36 bits per heavy atom. The Kier molecular flexibility index (Phi) is 7.18. The Hall–Kier alpha value is 0.310. The van der Waals surface area contributed by atoms with Crippen molar-refractivity contribution in [1.82, 2.24) is 0 Å². The lowest BCUT2D eigenvalue weighted by Crippen LogP contribution is -2.14. The lowest BCUT2D eigenvalue weighted by molar-refractivity contribution is 0.187. The Labute approximate surface area is 74.6 Å². The predicted octanol–water partition coefficient (Wildman–Crippen LogP) is 2.39. The first-order chi connectivity index (χ1) is 5.22. The van der Waals surface area contributed by atoms with Crippen molar-refractivity contribution < 1.29 is 5.11 Å². The molecule has 0 bridgehead atoms. The first-order valence-electron chi connectivity index (χ1n) is 4.41. The van der Waals surface area contributed by atoms with E-state index in [0.717, 1.165) is 6.42 Å². The van der Waals surface area contributed by atoms with E-state index in [-0.39, 0.29) is 0 Å². The molecule has 68 valence electrons. The SMILES string of the molecule is CCSCCC(CO)C(C)C. The molecule has 0 aliphatic carbocycles. The molecule has 0 aliphatic heterocycles. The molecule has 0 aromatic heterocycles. The molecule has 1 N–H and O–H groups in total. The monoisotopic (exact) mass is 176 g/mol. The standard InChI is InChI=1S/C9H20OS/c1-4-11-6-5-9(7-10)8(2)3/h8-10H,4-7H2,1-3H3. The van der Waals surface area contributed by atoms with Crippen LogP contribution in [0.3, 0.4) is 0 Å². The van der Waals surface area contributed by atoms with Crippen LogP contribution in [0.4, 0.5) is 0 Å². The molecule has 1 unspecified atom stereocenters. The van der Waals surface area contributed by atoms with E-state index in [1.54, 1.807) is 0 Å².